The van der Waals surface area contributed by atoms with Gasteiger partial charge in [-0.25, -0.2) is 0 Å². The second-order valence-electron chi connectivity index (χ2n) is 5.18. The summed E-state index contributed by atoms with van der Waals surface area (Å²) >= 11 is 5.87. The van der Waals surface area contributed by atoms with Gasteiger partial charge in [0.05, 0.1) is 0 Å². The lowest BCUT2D eigenvalue weighted by molar-refractivity contribution is 0.0843. The SMILES string of the molecule is O=C(c1ccc(Cl)cc1)C1NCCN1Cc1ccccc1. The smallest absolute Gasteiger partial charge is 0.194 e. The van der Waals surface area contributed by atoms with Crippen molar-refractivity contribution >= 4 is 17.4 Å². The number of carbonyl (C=O) groups is 1. The van der Waals surface area contributed by atoms with E-state index in [0.717, 1.165) is 19.6 Å². The zero-order chi connectivity index (χ0) is 14.7. The van der Waals surface area contributed by atoms with Crippen molar-refractivity contribution < 1.29 is 4.79 Å². The zero-order valence-corrected chi connectivity index (χ0v) is 12.4. The Morgan fingerprint density at radius 3 is 2.57 bits per heavy atom. The molecule has 108 valence electrons. The molecule has 1 aliphatic rings. The maximum absolute atomic E-state index is 12.6. The number of benzene rings is 2. The van der Waals surface area contributed by atoms with E-state index in [4.69, 9.17) is 11.6 Å². The van der Waals surface area contributed by atoms with Gasteiger partial charge in [-0.3, -0.25) is 15.0 Å². The first-order chi connectivity index (χ1) is 10.2. The molecule has 3 rings (SSSR count). The molecule has 0 spiro atoms. The molecule has 4 heteroatoms. The molecule has 1 atom stereocenters. The zero-order valence-electron chi connectivity index (χ0n) is 11.6. The Morgan fingerprint density at radius 1 is 1.14 bits per heavy atom. The van der Waals surface area contributed by atoms with Gasteiger partial charge in [-0.05, 0) is 29.8 Å². The van der Waals surface area contributed by atoms with Crippen molar-refractivity contribution in [2.75, 3.05) is 13.1 Å². The van der Waals surface area contributed by atoms with Gasteiger partial charge in [0, 0.05) is 30.2 Å². The molecule has 0 aromatic heterocycles. The lowest BCUT2D eigenvalue weighted by Gasteiger charge is -2.23. The molecule has 1 unspecified atom stereocenters. The number of hydrogen-bond acceptors (Lipinski definition) is 3. The van der Waals surface area contributed by atoms with E-state index in [-0.39, 0.29) is 11.9 Å². The predicted octanol–water partition coefficient (Wildman–Crippen LogP) is 2.95. The maximum atomic E-state index is 12.6. The van der Waals surface area contributed by atoms with Crippen LogP contribution in [0.5, 0.6) is 0 Å². The van der Waals surface area contributed by atoms with Gasteiger partial charge in [-0.15, -0.1) is 0 Å². The second-order valence-corrected chi connectivity index (χ2v) is 5.62. The largest absolute Gasteiger partial charge is 0.294 e. The summed E-state index contributed by atoms with van der Waals surface area (Å²) in [5.74, 6) is 0.0973. The Balaban J connectivity index is 1.74. The lowest BCUT2D eigenvalue weighted by Crippen LogP contribution is -2.42. The van der Waals surface area contributed by atoms with Gasteiger partial charge in [-0.2, -0.15) is 0 Å². The number of nitrogens with zero attached hydrogens (tertiary/aromatic N) is 1. The predicted molar refractivity (Wildman–Crippen MR) is 84.4 cm³/mol. The Kier molecular flexibility index (Phi) is 4.34. The Bertz CT molecular complexity index is 612. The van der Waals surface area contributed by atoms with Crippen LogP contribution < -0.4 is 5.32 Å². The molecule has 1 aliphatic heterocycles. The average Bonchev–Trinajstić information content (AvgIpc) is 2.96. The third kappa shape index (κ3) is 3.32. The molecule has 1 N–H and O–H groups in total. The Labute approximate surface area is 129 Å². The standard InChI is InChI=1S/C17H17ClN2O/c18-15-8-6-14(7-9-15)16(21)17-19-10-11-20(17)12-13-4-2-1-3-5-13/h1-9,17,19H,10-12H2. The first-order valence-electron chi connectivity index (χ1n) is 7.05. The van der Waals surface area contributed by atoms with Gasteiger partial charge in [-0.1, -0.05) is 41.9 Å². The van der Waals surface area contributed by atoms with Crippen molar-refractivity contribution in [2.24, 2.45) is 0 Å². The summed E-state index contributed by atoms with van der Waals surface area (Å²) in [4.78, 5) is 14.8. The Hall–Kier alpha value is -1.68. The van der Waals surface area contributed by atoms with Crippen LogP contribution in [0, 0.1) is 0 Å². The van der Waals surface area contributed by atoms with Crippen LogP contribution in [0.25, 0.3) is 0 Å². The summed E-state index contributed by atoms with van der Waals surface area (Å²) in [5.41, 5.74) is 1.91. The molecule has 0 saturated carbocycles. The molecule has 0 bridgehead atoms. The highest BCUT2D eigenvalue weighted by Crippen LogP contribution is 2.16. The molecule has 0 amide bonds. The third-order valence-electron chi connectivity index (χ3n) is 3.71. The van der Waals surface area contributed by atoms with Crippen LogP contribution in [0.2, 0.25) is 5.02 Å². The molecule has 1 fully saturated rings. The molecule has 0 aliphatic carbocycles. The first kappa shape index (κ1) is 14.3. The van der Waals surface area contributed by atoms with Crippen molar-refractivity contribution in [2.45, 2.75) is 12.7 Å². The molecule has 0 radical (unpaired) electrons. The van der Waals surface area contributed by atoms with E-state index < -0.39 is 0 Å². The molecule has 2 aromatic rings. The summed E-state index contributed by atoms with van der Waals surface area (Å²) < 4.78 is 0. The van der Waals surface area contributed by atoms with E-state index in [9.17, 15) is 4.79 Å². The summed E-state index contributed by atoms with van der Waals surface area (Å²) in [7, 11) is 0. The van der Waals surface area contributed by atoms with Gasteiger partial charge in [0.1, 0.15) is 6.17 Å². The number of carbonyl (C=O) groups excluding carboxylic acids is 1. The summed E-state index contributed by atoms with van der Waals surface area (Å²) in [6.45, 7) is 2.48. The minimum absolute atomic E-state index is 0.0973. The van der Waals surface area contributed by atoms with E-state index in [1.54, 1.807) is 24.3 Å². The number of nitrogens with one attached hydrogen (secondary N) is 1. The van der Waals surface area contributed by atoms with Gasteiger partial charge in [0.15, 0.2) is 5.78 Å². The van der Waals surface area contributed by atoms with Crippen LogP contribution in [0.4, 0.5) is 0 Å². The quantitative estimate of drug-likeness (QED) is 0.881. The van der Waals surface area contributed by atoms with E-state index in [1.807, 2.05) is 18.2 Å². The van der Waals surface area contributed by atoms with Crippen molar-refractivity contribution in [3.63, 3.8) is 0 Å². The molecule has 21 heavy (non-hydrogen) atoms. The van der Waals surface area contributed by atoms with Gasteiger partial charge < -0.3 is 0 Å². The molecule has 3 nitrogen and oxygen atoms in total. The molecule has 1 saturated heterocycles. The monoisotopic (exact) mass is 300 g/mol. The second kappa shape index (κ2) is 6.39. The fourth-order valence-electron chi connectivity index (χ4n) is 2.62. The molecule has 2 aromatic carbocycles. The molecular formula is C17H17ClN2O. The third-order valence-corrected chi connectivity index (χ3v) is 3.96. The number of halogens is 1. The van der Waals surface area contributed by atoms with Gasteiger partial charge in [0.2, 0.25) is 0 Å². The minimum atomic E-state index is -0.258. The van der Waals surface area contributed by atoms with E-state index in [1.165, 1.54) is 5.56 Å². The number of hydrogen-bond donors (Lipinski definition) is 1. The van der Waals surface area contributed by atoms with Crippen molar-refractivity contribution in [3.05, 3.63) is 70.7 Å². The van der Waals surface area contributed by atoms with Crippen LogP contribution >= 0.6 is 11.6 Å². The topological polar surface area (TPSA) is 32.3 Å². The van der Waals surface area contributed by atoms with Crippen LogP contribution in [0.15, 0.2) is 54.6 Å². The lowest BCUT2D eigenvalue weighted by atomic mass is 10.1. The minimum Gasteiger partial charge on any atom is -0.294 e. The average molecular weight is 301 g/mol. The molecule has 1 heterocycles. The van der Waals surface area contributed by atoms with Crippen LogP contribution in [0.1, 0.15) is 15.9 Å². The fourth-order valence-corrected chi connectivity index (χ4v) is 2.75. The van der Waals surface area contributed by atoms with Crippen LogP contribution in [-0.2, 0) is 6.54 Å². The van der Waals surface area contributed by atoms with Gasteiger partial charge >= 0.3 is 0 Å². The normalized spacial score (nSPS) is 18.8. The van der Waals surface area contributed by atoms with E-state index >= 15 is 0 Å². The number of rotatable bonds is 4. The van der Waals surface area contributed by atoms with E-state index in [0.29, 0.717) is 10.6 Å². The van der Waals surface area contributed by atoms with Crippen molar-refractivity contribution in [1.29, 1.82) is 0 Å². The summed E-state index contributed by atoms with van der Waals surface area (Å²) in [6.07, 6.45) is -0.258. The summed E-state index contributed by atoms with van der Waals surface area (Å²) in [5, 5.41) is 3.93. The van der Waals surface area contributed by atoms with E-state index in [2.05, 4.69) is 22.3 Å². The highest BCUT2D eigenvalue weighted by molar-refractivity contribution is 6.30. The summed E-state index contributed by atoms with van der Waals surface area (Å²) in [6, 6.07) is 17.3. The van der Waals surface area contributed by atoms with Gasteiger partial charge in [0.25, 0.3) is 0 Å². The maximum Gasteiger partial charge on any atom is 0.194 e. The number of Topliss-reactive ketones (excluding diaryl/α,β-unsaturated/α-hetero) is 1. The van der Waals surface area contributed by atoms with Crippen molar-refractivity contribution in [3.8, 4) is 0 Å². The Morgan fingerprint density at radius 2 is 1.86 bits per heavy atom. The number of ketones is 1. The first-order valence-corrected chi connectivity index (χ1v) is 7.43. The van der Waals surface area contributed by atoms with Crippen molar-refractivity contribution in [1.82, 2.24) is 10.2 Å². The highest BCUT2D eigenvalue weighted by Gasteiger charge is 2.30. The van der Waals surface area contributed by atoms with Crippen LogP contribution in [0.3, 0.4) is 0 Å². The molecular weight excluding hydrogens is 284 g/mol. The van der Waals surface area contributed by atoms with Crippen LogP contribution in [-0.4, -0.2) is 29.9 Å². The highest BCUT2D eigenvalue weighted by atomic mass is 35.5. The fraction of sp³-hybridized carbons (Fsp3) is 0.235.